The minimum absolute atomic E-state index is 1.08. The third kappa shape index (κ3) is 1.63. The van der Waals surface area contributed by atoms with E-state index in [9.17, 15) is 0 Å². The zero-order chi connectivity index (χ0) is 11.0. The second-order valence-electron chi connectivity index (χ2n) is 4.05. The lowest BCUT2D eigenvalue weighted by Crippen LogP contribution is -1.93. The van der Waals surface area contributed by atoms with Crippen molar-refractivity contribution in [2.45, 2.75) is 12.8 Å². The van der Waals surface area contributed by atoms with Crippen molar-refractivity contribution in [1.82, 2.24) is 0 Å². The Morgan fingerprint density at radius 2 is 1.69 bits per heavy atom. The quantitative estimate of drug-likeness (QED) is 0.755. The number of halogens is 1. The predicted octanol–water partition coefficient (Wildman–Crippen LogP) is 4.29. The molecule has 0 aromatic heterocycles. The number of nitrogens with one attached hydrogen (secondary N) is 1. The Labute approximate surface area is 104 Å². The van der Waals surface area contributed by atoms with Crippen molar-refractivity contribution in [3.63, 3.8) is 0 Å². The molecular formula is C14H12BrN. The van der Waals surface area contributed by atoms with Gasteiger partial charge in [-0.2, -0.15) is 0 Å². The van der Waals surface area contributed by atoms with E-state index in [1.165, 1.54) is 27.0 Å². The number of fused-ring (bicyclic) bond motifs is 2. The summed E-state index contributed by atoms with van der Waals surface area (Å²) < 4.78 is 1.20. The maximum Gasteiger partial charge on any atom is 0.0428 e. The van der Waals surface area contributed by atoms with Gasteiger partial charge in [-0.05, 0) is 42.2 Å². The third-order valence-electron chi connectivity index (χ3n) is 3.05. The van der Waals surface area contributed by atoms with Crippen LogP contribution in [0.4, 0.5) is 11.4 Å². The van der Waals surface area contributed by atoms with Gasteiger partial charge in [0.15, 0.2) is 0 Å². The number of hydrogen-bond donors (Lipinski definition) is 1. The minimum atomic E-state index is 1.08. The molecule has 1 aliphatic rings. The van der Waals surface area contributed by atoms with Crippen LogP contribution in [0.5, 0.6) is 0 Å². The average Bonchev–Trinajstić information content (AvgIpc) is 2.48. The molecule has 0 radical (unpaired) electrons. The van der Waals surface area contributed by atoms with Crippen LogP contribution in [0.3, 0.4) is 0 Å². The molecule has 1 heterocycles. The standard InChI is InChI=1S/C14H12BrN/c15-12-5-3-7-14-11(12)9-8-10-4-1-2-6-13(10)16-14/h1-7,16H,8-9H2. The number of rotatable bonds is 0. The van der Waals surface area contributed by atoms with E-state index < -0.39 is 0 Å². The summed E-state index contributed by atoms with van der Waals surface area (Å²) >= 11 is 3.62. The van der Waals surface area contributed by atoms with Crippen LogP contribution < -0.4 is 5.32 Å². The lowest BCUT2D eigenvalue weighted by atomic mass is 10.0. The van der Waals surface area contributed by atoms with Crippen LogP contribution in [-0.2, 0) is 12.8 Å². The highest BCUT2D eigenvalue weighted by Gasteiger charge is 2.13. The summed E-state index contributed by atoms with van der Waals surface area (Å²) in [5.41, 5.74) is 5.22. The van der Waals surface area contributed by atoms with Crippen molar-refractivity contribution in [3.05, 3.63) is 58.1 Å². The van der Waals surface area contributed by atoms with Gasteiger partial charge in [-0.1, -0.05) is 40.2 Å². The van der Waals surface area contributed by atoms with Gasteiger partial charge in [0.05, 0.1) is 0 Å². The van der Waals surface area contributed by atoms with E-state index in [0.29, 0.717) is 0 Å². The Kier molecular flexibility index (Phi) is 2.44. The van der Waals surface area contributed by atoms with Crippen molar-refractivity contribution >= 4 is 27.3 Å². The van der Waals surface area contributed by atoms with Crippen LogP contribution in [0.15, 0.2) is 46.9 Å². The fourth-order valence-electron chi connectivity index (χ4n) is 2.19. The summed E-state index contributed by atoms with van der Waals surface area (Å²) in [5, 5.41) is 3.51. The van der Waals surface area contributed by atoms with E-state index in [4.69, 9.17) is 0 Å². The highest BCUT2D eigenvalue weighted by atomic mass is 79.9. The van der Waals surface area contributed by atoms with Gasteiger partial charge in [-0.15, -0.1) is 0 Å². The number of anilines is 2. The Bertz CT molecular complexity index is 534. The molecule has 0 spiro atoms. The molecule has 1 nitrogen and oxygen atoms in total. The molecule has 0 unspecified atom stereocenters. The normalized spacial score (nSPS) is 13.3. The van der Waals surface area contributed by atoms with Crippen LogP contribution in [0.25, 0.3) is 0 Å². The van der Waals surface area contributed by atoms with E-state index in [1.807, 2.05) is 0 Å². The average molecular weight is 274 g/mol. The summed E-state index contributed by atoms with van der Waals surface area (Å²) in [6.07, 6.45) is 2.18. The van der Waals surface area contributed by atoms with Crippen LogP contribution in [0, 0.1) is 0 Å². The summed E-state index contributed by atoms with van der Waals surface area (Å²) in [7, 11) is 0. The fraction of sp³-hybridized carbons (Fsp3) is 0.143. The molecule has 1 aliphatic heterocycles. The molecule has 16 heavy (non-hydrogen) atoms. The van der Waals surface area contributed by atoms with Gasteiger partial charge < -0.3 is 5.32 Å². The molecule has 0 aliphatic carbocycles. The zero-order valence-electron chi connectivity index (χ0n) is 8.83. The van der Waals surface area contributed by atoms with E-state index >= 15 is 0 Å². The second kappa shape index (κ2) is 3.95. The maximum absolute atomic E-state index is 3.62. The largest absolute Gasteiger partial charge is 0.355 e. The lowest BCUT2D eigenvalue weighted by Gasteiger charge is -2.10. The van der Waals surface area contributed by atoms with Gasteiger partial charge in [-0.25, -0.2) is 0 Å². The molecule has 2 aromatic carbocycles. The molecule has 0 atom stereocenters. The van der Waals surface area contributed by atoms with Gasteiger partial charge >= 0.3 is 0 Å². The first-order chi connectivity index (χ1) is 7.84. The zero-order valence-corrected chi connectivity index (χ0v) is 10.4. The lowest BCUT2D eigenvalue weighted by molar-refractivity contribution is 0.972. The van der Waals surface area contributed by atoms with Gasteiger partial charge in [0.1, 0.15) is 0 Å². The molecular weight excluding hydrogens is 262 g/mol. The summed E-state index contributed by atoms with van der Waals surface area (Å²) in [6, 6.07) is 14.8. The second-order valence-corrected chi connectivity index (χ2v) is 4.90. The summed E-state index contributed by atoms with van der Waals surface area (Å²) in [5.74, 6) is 0. The van der Waals surface area contributed by atoms with E-state index in [2.05, 4.69) is 63.7 Å². The van der Waals surface area contributed by atoms with Crippen LogP contribution in [0.2, 0.25) is 0 Å². The molecule has 1 N–H and O–H groups in total. The molecule has 0 bridgehead atoms. The number of aryl methyl sites for hydroxylation is 1. The van der Waals surface area contributed by atoms with Crippen molar-refractivity contribution < 1.29 is 0 Å². The van der Waals surface area contributed by atoms with E-state index in [0.717, 1.165) is 12.8 Å². The maximum atomic E-state index is 3.62. The van der Waals surface area contributed by atoms with Crippen LogP contribution in [-0.4, -0.2) is 0 Å². The number of para-hydroxylation sites is 1. The first-order valence-corrected chi connectivity index (χ1v) is 6.26. The molecule has 2 heteroatoms. The Morgan fingerprint density at radius 1 is 0.875 bits per heavy atom. The van der Waals surface area contributed by atoms with Crippen molar-refractivity contribution in [1.29, 1.82) is 0 Å². The number of hydrogen-bond acceptors (Lipinski definition) is 1. The van der Waals surface area contributed by atoms with Gasteiger partial charge in [0, 0.05) is 15.8 Å². The van der Waals surface area contributed by atoms with Crippen molar-refractivity contribution in [2.24, 2.45) is 0 Å². The molecule has 80 valence electrons. The fourth-order valence-corrected chi connectivity index (χ4v) is 2.76. The highest BCUT2D eigenvalue weighted by Crippen LogP contribution is 2.33. The van der Waals surface area contributed by atoms with Crippen LogP contribution >= 0.6 is 15.9 Å². The molecule has 0 saturated carbocycles. The van der Waals surface area contributed by atoms with Gasteiger partial charge in [0.25, 0.3) is 0 Å². The SMILES string of the molecule is Brc1cccc2c1CCc1ccccc1N2. The Balaban J connectivity index is 2.12. The highest BCUT2D eigenvalue weighted by molar-refractivity contribution is 9.10. The van der Waals surface area contributed by atoms with Crippen LogP contribution in [0.1, 0.15) is 11.1 Å². The molecule has 0 fully saturated rings. The molecule has 0 amide bonds. The monoisotopic (exact) mass is 273 g/mol. The first kappa shape index (κ1) is 9.91. The topological polar surface area (TPSA) is 12.0 Å². The van der Waals surface area contributed by atoms with E-state index in [-0.39, 0.29) is 0 Å². The Morgan fingerprint density at radius 3 is 2.62 bits per heavy atom. The van der Waals surface area contributed by atoms with Crippen molar-refractivity contribution in [2.75, 3.05) is 5.32 Å². The number of benzene rings is 2. The first-order valence-electron chi connectivity index (χ1n) is 5.47. The third-order valence-corrected chi connectivity index (χ3v) is 3.79. The molecule has 0 saturated heterocycles. The smallest absolute Gasteiger partial charge is 0.0428 e. The minimum Gasteiger partial charge on any atom is -0.355 e. The Hall–Kier alpha value is -1.28. The van der Waals surface area contributed by atoms with Gasteiger partial charge in [-0.3, -0.25) is 0 Å². The summed E-state index contributed by atoms with van der Waals surface area (Å²) in [4.78, 5) is 0. The molecule has 3 rings (SSSR count). The summed E-state index contributed by atoms with van der Waals surface area (Å²) in [6.45, 7) is 0. The van der Waals surface area contributed by atoms with Crippen molar-refractivity contribution in [3.8, 4) is 0 Å². The van der Waals surface area contributed by atoms with E-state index in [1.54, 1.807) is 0 Å². The molecule has 2 aromatic rings. The predicted molar refractivity (Wildman–Crippen MR) is 71.3 cm³/mol. The van der Waals surface area contributed by atoms with Gasteiger partial charge in [0.2, 0.25) is 0 Å².